The number of carbonyl (C=O) groups excluding carboxylic acids is 1. The van der Waals surface area contributed by atoms with Crippen LogP contribution < -0.4 is 9.64 Å². The van der Waals surface area contributed by atoms with Gasteiger partial charge in [0.15, 0.2) is 5.13 Å². The Balaban J connectivity index is 1.80. The highest BCUT2D eigenvalue weighted by atomic mass is 32.1. The molecule has 0 atom stereocenters. The van der Waals surface area contributed by atoms with Crippen molar-refractivity contribution in [2.24, 2.45) is 0 Å². The van der Waals surface area contributed by atoms with Crippen LogP contribution >= 0.6 is 11.3 Å². The molecule has 0 unspecified atom stereocenters. The number of hydrogen-bond donors (Lipinski definition) is 0. The molecule has 0 aliphatic heterocycles. The summed E-state index contributed by atoms with van der Waals surface area (Å²) < 4.78 is 19.8. The summed E-state index contributed by atoms with van der Waals surface area (Å²) >= 11 is 1.35. The average Bonchev–Trinajstić information content (AvgIpc) is 3.09. The first kappa shape index (κ1) is 21.2. The van der Waals surface area contributed by atoms with Gasteiger partial charge in [-0.05, 0) is 69.9 Å². The number of hydrogen-bond acceptors (Lipinski definition) is 5. The zero-order valence-corrected chi connectivity index (χ0v) is 17.8. The molecular formula is C22H26FN3O2S. The topological polar surface area (TPSA) is 45.7 Å². The highest BCUT2D eigenvalue weighted by Crippen LogP contribution is 2.30. The van der Waals surface area contributed by atoms with Gasteiger partial charge >= 0.3 is 0 Å². The third-order valence-electron chi connectivity index (χ3n) is 4.45. The van der Waals surface area contributed by atoms with Crippen LogP contribution in [-0.2, 0) is 11.2 Å². The number of nitrogens with zero attached hydrogens (tertiary/aromatic N) is 3. The number of aromatic nitrogens is 1. The number of rotatable bonds is 9. The van der Waals surface area contributed by atoms with Crippen LogP contribution in [0, 0.1) is 5.82 Å². The van der Waals surface area contributed by atoms with Gasteiger partial charge < -0.3 is 9.64 Å². The molecule has 29 heavy (non-hydrogen) atoms. The van der Waals surface area contributed by atoms with E-state index >= 15 is 0 Å². The minimum Gasteiger partial charge on any atom is -0.494 e. The molecule has 0 N–H and O–H groups in total. The molecule has 1 aromatic heterocycles. The van der Waals surface area contributed by atoms with Crippen LogP contribution in [0.15, 0.2) is 42.5 Å². The number of fused-ring (bicyclic) bond motifs is 1. The Morgan fingerprint density at radius 2 is 1.90 bits per heavy atom. The molecular weight excluding hydrogens is 389 g/mol. The van der Waals surface area contributed by atoms with Crippen LogP contribution in [0.2, 0.25) is 0 Å². The van der Waals surface area contributed by atoms with Crippen molar-refractivity contribution >= 4 is 32.6 Å². The van der Waals surface area contributed by atoms with Gasteiger partial charge in [-0.25, -0.2) is 9.37 Å². The van der Waals surface area contributed by atoms with Gasteiger partial charge in [0, 0.05) is 6.54 Å². The van der Waals surface area contributed by atoms with Crippen LogP contribution in [-0.4, -0.2) is 49.6 Å². The Bertz CT molecular complexity index is 956. The van der Waals surface area contributed by atoms with Crippen molar-refractivity contribution in [1.29, 1.82) is 0 Å². The van der Waals surface area contributed by atoms with E-state index < -0.39 is 0 Å². The van der Waals surface area contributed by atoms with Crippen LogP contribution in [0.4, 0.5) is 9.52 Å². The Hall–Kier alpha value is -2.51. The van der Waals surface area contributed by atoms with Crippen molar-refractivity contribution in [1.82, 2.24) is 9.88 Å². The van der Waals surface area contributed by atoms with Gasteiger partial charge in [-0.2, -0.15) is 0 Å². The quantitative estimate of drug-likeness (QED) is 0.521. The van der Waals surface area contributed by atoms with Gasteiger partial charge in [0.25, 0.3) is 0 Å². The highest BCUT2D eigenvalue weighted by Gasteiger charge is 2.20. The van der Waals surface area contributed by atoms with E-state index in [0.717, 1.165) is 29.0 Å². The first-order valence-electron chi connectivity index (χ1n) is 9.69. The van der Waals surface area contributed by atoms with E-state index in [-0.39, 0.29) is 18.1 Å². The Labute approximate surface area is 174 Å². The standard InChI is InChI=1S/C22H26FN3O2S/c1-4-28-18-9-6-16(7-10-18)14-21(27)26(13-5-12-25(2)3)22-24-19-11-8-17(23)15-20(19)29-22/h6-11,15H,4-5,12-14H2,1-3H3. The molecule has 0 aliphatic rings. The lowest BCUT2D eigenvalue weighted by Gasteiger charge is -2.21. The number of anilines is 1. The van der Waals surface area contributed by atoms with Gasteiger partial charge in [0.2, 0.25) is 5.91 Å². The summed E-state index contributed by atoms with van der Waals surface area (Å²) in [5.74, 6) is 0.472. The molecule has 7 heteroatoms. The van der Waals surface area contributed by atoms with Crippen LogP contribution in [0.1, 0.15) is 18.9 Å². The van der Waals surface area contributed by atoms with Gasteiger partial charge in [-0.1, -0.05) is 23.5 Å². The van der Waals surface area contributed by atoms with E-state index in [1.165, 1.54) is 23.5 Å². The van der Waals surface area contributed by atoms with E-state index in [4.69, 9.17) is 4.74 Å². The molecule has 2 aromatic carbocycles. The van der Waals surface area contributed by atoms with Gasteiger partial charge in [0.1, 0.15) is 11.6 Å². The van der Waals surface area contributed by atoms with E-state index in [1.54, 1.807) is 11.0 Å². The largest absolute Gasteiger partial charge is 0.494 e. The van der Waals surface area contributed by atoms with Gasteiger partial charge in [-0.3, -0.25) is 9.69 Å². The van der Waals surface area contributed by atoms with E-state index in [9.17, 15) is 9.18 Å². The second kappa shape index (κ2) is 9.80. The number of amides is 1. The molecule has 1 heterocycles. The number of carbonyl (C=O) groups is 1. The lowest BCUT2D eigenvalue weighted by molar-refractivity contribution is -0.118. The smallest absolute Gasteiger partial charge is 0.233 e. The molecule has 0 saturated carbocycles. The fourth-order valence-corrected chi connectivity index (χ4v) is 4.05. The van der Waals surface area contributed by atoms with Crippen molar-refractivity contribution in [3.63, 3.8) is 0 Å². The van der Waals surface area contributed by atoms with Gasteiger partial charge in [0.05, 0.1) is 23.2 Å². The fraction of sp³-hybridized carbons (Fsp3) is 0.364. The maximum Gasteiger partial charge on any atom is 0.233 e. The molecule has 0 spiro atoms. The summed E-state index contributed by atoms with van der Waals surface area (Å²) in [6.45, 7) is 3.98. The van der Waals surface area contributed by atoms with Crippen LogP contribution in [0.5, 0.6) is 5.75 Å². The fourth-order valence-electron chi connectivity index (χ4n) is 3.01. The van der Waals surface area contributed by atoms with Crippen LogP contribution in [0.3, 0.4) is 0 Å². The Morgan fingerprint density at radius 3 is 2.59 bits per heavy atom. The molecule has 0 aliphatic carbocycles. The number of benzene rings is 2. The third-order valence-corrected chi connectivity index (χ3v) is 5.49. The highest BCUT2D eigenvalue weighted by molar-refractivity contribution is 7.22. The number of halogens is 1. The van der Waals surface area contributed by atoms with E-state index in [1.807, 2.05) is 45.3 Å². The molecule has 3 aromatic rings. The SMILES string of the molecule is CCOc1ccc(CC(=O)N(CCCN(C)C)c2nc3ccc(F)cc3s2)cc1. The second-order valence-corrected chi connectivity index (χ2v) is 8.07. The zero-order chi connectivity index (χ0) is 20.8. The molecule has 3 rings (SSSR count). The monoisotopic (exact) mass is 415 g/mol. The zero-order valence-electron chi connectivity index (χ0n) is 17.0. The van der Waals surface area contributed by atoms with Crippen molar-refractivity contribution in [2.75, 3.05) is 38.7 Å². The lowest BCUT2D eigenvalue weighted by Crippen LogP contribution is -2.34. The average molecular weight is 416 g/mol. The molecule has 154 valence electrons. The predicted octanol–water partition coefficient (Wildman–Crippen LogP) is 4.36. The number of thiazole rings is 1. The second-order valence-electron chi connectivity index (χ2n) is 7.06. The Morgan fingerprint density at radius 1 is 1.14 bits per heavy atom. The van der Waals surface area contributed by atoms with Crippen molar-refractivity contribution in [2.45, 2.75) is 19.8 Å². The number of ether oxygens (including phenoxy) is 1. The third kappa shape index (κ3) is 5.74. The van der Waals surface area contributed by atoms with E-state index in [2.05, 4.69) is 9.88 Å². The minimum absolute atomic E-state index is 0.0209. The maximum atomic E-state index is 13.6. The minimum atomic E-state index is -0.299. The first-order valence-corrected chi connectivity index (χ1v) is 10.5. The summed E-state index contributed by atoms with van der Waals surface area (Å²) in [6, 6.07) is 12.1. The molecule has 0 fully saturated rings. The summed E-state index contributed by atoms with van der Waals surface area (Å²) in [7, 11) is 4.01. The predicted molar refractivity (Wildman–Crippen MR) is 116 cm³/mol. The van der Waals surface area contributed by atoms with Gasteiger partial charge in [-0.15, -0.1) is 0 Å². The molecule has 5 nitrogen and oxygen atoms in total. The summed E-state index contributed by atoms with van der Waals surface area (Å²) in [4.78, 5) is 21.5. The van der Waals surface area contributed by atoms with Crippen molar-refractivity contribution in [3.8, 4) is 5.75 Å². The van der Waals surface area contributed by atoms with E-state index in [0.29, 0.717) is 23.8 Å². The summed E-state index contributed by atoms with van der Waals surface area (Å²) in [5.41, 5.74) is 1.63. The molecule has 0 radical (unpaired) electrons. The molecule has 1 amide bonds. The molecule has 0 bridgehead atoms. The van der Waals surface area contributed by atoms with Crippen LogP contribution in [0.25, 0.3) is 10.2 Å². The maximum absolute atomic E-state index is 13.6. The first-order chi connectivity index (χ1) is 14.0. The summed E-state index contributed by atoms with van der Waals surface area (Å²) in [6.07, 6.45) is 1.10. The Kier molecular flexibility index (Phi) is 7.17. The van der Waals surface area contributed by atoms with Crippen molar-refractivity contribution < 1.29 is 13.9 Å². The normalized spacial score (nSPS) is 11.2. The summed E-state index contributed by atoms with van der Waals surface area (Å²) in [5, 5.41) is 0.611. The lowest BCUT2D eigenvalue weighted by atomic mass is 10.1. The molecule has 0 saturated heterocycles. The van der Waals surface area contributed by atoms with Crippen molar-refractivity contribution in [3.05, 3.63) is 53.8 Å².